The van der Waals surface area contributed by atoms with Crippen molar-refractivity contribution in [1.29, 1.82) is 0 Å². The first kappa shape index (κ1) is 14.3. The van der Waals surface area contributed by atoms with E-state index in [2.05, 4.69) is 54.5 Å². The van der Waals surface area contributed by atoms with Gasteiger partial charge >= 0.3 is 0 Å². The van der Waals surface area contributed by atoms with E-state index in [4.69, 9.17) is 4.98 Å². The number of pyridine rings is 1. The fourth-order valence-corrected chi connectivity index (χ4v) is 2.65. The van der Waals surface area contributed by atoms with Gasteiger partial charge in [0.05, 0.1) is 5.52 Å². The zero-order valence-electron chi connectivity index (χ0n) is 13.1. The van der Waals surface area contributed by atoms with E-state index in [0.29, 0.717) is 0 Å². The summed E-state index contributed by atoms with van der Waals surface area (Å²) in [5.41, 5.74) is 2.41. The molecule has 3 nitrogen and oxygen atoms in total. The van der Waals surface area contributed by atoms with Crippen molar-refractivity contribution in [2.45, 2.75) is 45.2 Å². The molecule has 1 aliphatic carbocycles. The molecule has 0 saturated heterocycles. The van der Waals surface area contributed by atoms with Gasteiger partial charge in [-0.05, 0) is 31.4 Å². The van der Waals surface area contributed by atoms with E-state index in [1.165, 1.54) is 36.6 Å². The fraction of sp³-hybridized carbons (Fsp3) is 0.500. The van der Waals surface area contributed by atoms with Crippen molar-refractivity contribution < 1.29 is 0 Å². The predicted molar refractivity (Wildman–Crippen MR) is 89.8 cm³/mol. The van der Waals surface area contributed by atoms with E-state index in [0.717, 1.165) is 30.5 Å². The third-order valence-electron chi connectivity index (χ3n) is 4.15. The van der Waals surface area contributed by atoms with Crippen LogP contribution in [0.2, 0.25) is 0 Å². The lowest BCUT2D eigenvalue weighted by molar-refractivity contribution is 0.681. The molecule has 0 unspecified atom stereocenters. The maximum atomic E-state index is 4.91. The lowest BCUT2D eigenvalue weighted by Gasteiger charge is -2.22. The van der Waals surface area contributed by atoms with Crippen LogP contribution in [-0.2, 0) is 6.54 Å². The molecule has 0 spiro atoms. The van der Waals surface area contributed by atoms with Crippen LogP contribution in [-0.4, -0.2) is 24.6 Å². The zero-order valence-corrected chi connectivity index (χ0v) is 13.1. The van der Waals surface area contributed by atoms with Gasteiger partial charge in [0.1, 0.15) is 5.82 Å². The summed E-state index contributed by atoms with van der Waals surface area (Å²) in [6.07, 6.45) is 5.07. The molecule has 1 aromatic carbocycles. The molecule has 1 saturated carbocycles. The normalized spacial score (nSPS) is 14.6. The average Bonchev–Trinajstić information content (AvgIpc) is 3.34. The van der Waals surface area contributed by atoms with Gasteiger partial charge in [-0.15, -0.1) is 0 Å². The molecular weight excluding hydrogens is 258 g/mol. The highest BCUT2D eigenvalue weighted by atomic mass is 15.2. The largest absolute Gasteiger partial charge is 0.359 e. The Kier molecular flexibility index (Phi) is 4.39. The number of fused-ring (bicyclic) bond motifs is 1. The zero-order chi connectivity index (χ0) is 14.7. The number of nitrogens with one attached hydrogen (secondary N) is 1. The number of hydrogen-bond acceptors (Lipinski definition) is 3. The van der Waals surface area contributed by atoms with Crippen LogP contribution in [0.3, 0.4) is 0 Å². The number of unbranched alkanes of at least 4 members (excludes halogenated alkanes) is 1. The highest BCUT2D eigenvalue weighted by Crippen LogP contribution is 2.25. The Morgan fingerprint density at radius 2 is 2.10 bits per heavy atom. The second-order valence-corrected chi connectivity index (χ2v) is 6.09. The van der Waals surface area contributed by atoms with E-state index in [9.17, 15) is 0 Å². The monoisotopic (exact) mass is 283 g/mol. The summed E-state index contributed by atoms with van der Waals surface area (Å²) >= 11 is 0. The Labute approximate surface area is 127 Å². The molecule has 2 aromatic rings. The first-order valence-corrected chi connectivity index (χ1v) is 8.11. The van der Waals surface area contributed by atoms with Crippen LogP contribution in [0.25, 0.3) is 10.9 Å². The minimum atomic E-state index is 0.727. The van der Waals surface area contributed by atoms with Crippen LogP contribution in [0.5, 0.6) is 0 Å². The van der Waals surface area contributed by atoms with Gasteiger partial charge in [-0.3, -0.25) is 0 Å². The Hall–Kier alpha value is -1.61. The summed E-state index contributed by atoms with van der Waals surface area (Å²) in [7, 11) is 2.16. The van der Waals surface area contributed by atoms with Crippen molar-refractivity contribution in [2.75, 3.05) is 18.5 Å². The van der Waals surface area contributed by atoms with Gasteiger partial charge in [0.25, 0.3) is 0 Å². The van der Waals surface area contributed by atoms with Crippen molar-refractivity contribution in [1.82, 2.24) is 10.3 Å². The summed E-state index contributed by atoms with van der Waals surface area (Å²) in [5.74, 6) is 1.13. The van der Waals surface area contributed by atoms with Crippen molar-refractivity contribution in [2.24, 2.45) is 0 Å². The Balaban J connectivity index is 1.90. The number of aromatic nitrogens is 1. The fourth-order valence-electron chi connectivity index (χ4n) is 2.65. The van der Waals surface area contributed by atoms with Crippen LogP contribution < -0.4 is 10.2 Å². The second-order valence-electron chi connectivity index (χ2n) is 6.09. The molecule has 0 amide bonds. The van der Waals surface area contributed by atoms with Crippen LogP contribution in [0.1, 0.15) is 38.2 Å². The number of nitrogens with zero attached hydrogens (tertiary/aromatic N) is 2. The Bertz CT molecular complexity index is 604. The number of benzene rings is 1. The summed E-state index contributed by atoms with van der Waals surface area (Å²) in [6.45, 7) is 4.23. The molecule has 1 N–H and O–H groups in total. The van der Waals surface area contributed by atoms with E-state index in [-0.39, 0.29) is 0 Å². The van der Waals surface area contributed by atoms with Crippen molar-refractivity contribution >= 4 is 16.7 Å². The third kappa shape index (κ3) is 3.53. The molecule has 1 heterocycles. The summed E-state index contributed by atoms with van der Waals surface area (Å²) in [6, 6.07) is 11.4. The van der Waals surface area contributed by atoms with Crippen LogP contribution in [0, 0.1) is 0 Å². The standard InChI is InChI=1S/C18H25N3/c1-3-4-11-21(2)18-15(13-19-16-9-10-16)12-14-7-5-6-8-17(14)20-18/h5-8,12,16,19H,3-4,9-11,13H2,1-2H3. The van der Waals surface area contributed by atoms with Gasteiger partial charge in [-0.2, -0.15) is 0 Å². The van der Waals surface area contributed by atoms with Gasteiger partial charge in [0.2, 0.25) is 0 Å². The molecule has 0 bridgehead atoms. The molecular formula is C18H25N3. The SMILES string of the molecule is CCCCN(C)c1nc2ccccc2cc1CNC1CC1. The molecule has 1 aliphatic rings. The number of hydrogen-bond donors (Lipinski definition) is 1. The molecule has 0 atom stereocenters. The Morgan fingerprint density at radius 3 is 2.86 bits per heavy atom. The van der Waals surface area contributed by atoms with Crippen molar-refractivity contribution in [3.8, 4) is 0 Å². The molecule has 3 rings (SSSR count). The van der Waals surface area contributed by atoms with E-state index in [1.54, 1.807) is 0 Å². The van der Waals surface area contributed by atoms with Crippen molar-refractivity contribution in [3.63, 3.8) is 0 Å². The van der Waals surface area contributed by atoms with Crippen LogP contribution in [0.4, 0.5) is 5.82 Å². The second kappa shape index (κ2) is 6.44. The van der Waals surface area contributed by atoms with Gasteiger partial charge in [-0.1, -0.05) is 31.5 Å². The topological polar surface area (TPSA) is 28.2 Å². The predicted octanol–water partition coefficient (Wildman–Crippen LogP) is 3.72. The summed E-state index contributed by atoms with van der Waals surface area (Å²) in [4.78, 5) is 7.22. The highest BCUT2D eigenvalue weighted by molar-refractivity contribution is 5.81. The van der Waals surface area contributed by atoms with E-state index >= 15 is 0 Å². The number of anilines is 1. The smallest absolute Gasteiger partial charge is 0.133 e. The molecule has 1 fully saturated rings. The van der Waals surface area contributed by atoms with Crippen LogP contribution in [0.15, 0.2) is 30.3 Å². The van der Waals surface area contributed by atoms with Gasteiger partial charge < -0.3 is 10.2 Å². The van der Waals surface area contributed by atoms with E-state index in [1.807, 2.05) is 0 Å². The third-order valence-corrected chi connectivity index (χ3v) is 4.15. The average molecular weight is 283 g/mol. The van der Waals surface area contributed by atoms with Crippen molar-refractivity contribution in [3.05, 3.63) is 35.9 Å². The summed E-state index contributed by atoms with van der Waals surface area (Å²) in [5, 5.41) is 4.86. The summed E-state index contributed by atoms with van der Waals surface area (Å²) < 4.78 is 0. The number of para-hydroxylation sites is 1. The minimum Gasteiger partial charge on any atom is -0.359 e. The molecule has 112 valence electrons. The first-order valence-electron chi connectivity index (χ1n) is 8.11. The molecule has 1 aromatic heterocycles. The molecule has 0 radical (unpaired) electrons. The first-order chi connectivity index (χ1) is 10.3. The maximum Gasteiger partial charge on any atom is 0.133 e. The lowest BCUT2D eigenvalue weighted by Crippen LogP contribution is -2.24. The van der Waals surface area contributed by atoms with Gasteiger partial charge in [0.15, 0.2) is 0 Å². The maximum absolute atomic E-state index is 4.91. The molecule has 0 aliphatic heterocycles. The van der Waals surface area contributed by atoms with Gasteiger partial charge in [0, 0.05) is 37.1 Å². The number of rotatable bonds is 7. The molecule has 21 heavy (non-hydrogen) atoms. The van der Waals surface area contributed by atoms with Crippen LogP contribution >= 0.6 is 0 Å². The highest BCUT2D eigenvalue weighted by Gasteiger charge is 2.21. The lowest BCUT2D eigenvalue weighted by atomic mass is 10.1. The minimum absolute atomic E-state index is 0.727. The molecule has 3 heteroatoms. The Morgan fingerprint density at radius 1 is 1.29 bits per heavy atom. The van der Waals surface area contributed by atoms with E-state index < -0.39 is 0 Å². The quantitative estimate of drug-likeness (QED) is 0.839. The van der Waals surface area contributed by atoms with Gasteiger partial charge in [-0.25, -0.2) is 4.98 Å².